The van der Waals surface area contributed by atoms with E-state index in [4.69, 9.17) is 0 Å². The van der Waals surface area contributed by atoms with E-state index in [9.17, 15) is 4.39 Å². The summed E-state index contributed by atoms with van der Waals surface area (Å²) >= 11 is 3.54. The van der Waals surface area contributed by atoms with E-state index in [2.05, 4.69) is 21.2 Å². The van der Waals surface area contributed by atoms with Crippen LogP contribution in [0.3, 0.4) is 0 Å². The Morgan fingerprint density at radius 3 is 2.65 bits per heavy atom. The van der Waals surface area contributed by atoms with Crippen LogP contribution in [0, 0.1) is 23.1 Å². The van der Waals surface area contributed by atoms with Crippen molar-refractivity contribution in [1.82, 2.24) is 5.32 Å². The lowest BCUT2D eigenvalue weighted by molar-refractivity contribution is 0.247. The molecule has 0 aliphatic heterocycles. The van der Waals surface area contributed by atoms with Gasteiger partial charge in [0.1, 0.15) is 5.82 Å². The highest BCUT2D eigenvalue weighted by Crippen LogP contribution is 2.61. The summed E-state index contributed by atoms with van der Waals surface area (Å²) in [7, 11) is 0. The molecule has 0 saturated heterocycles. The lowest BCUT2D eigenvalue weighted by Gasteiger charge is -2.32. The second-order valence-electron chi connectivity index (χ2n) is 7.23. The SMILES string of the molecule is Fc1ccc(CC2(CNC3CC3)CC3CC3C2)c(Br)c1. The zero-order valence-electron chi connectivity index (χ0n) is 11.7. The highest BCUT2D eigenvalue weighted by Gasteiger charge is 2.53. The summed E-state index contributed by atoms with van der Waals surface area (Å²) in [5.74, 6) is 1.81. The first-order valence-corrected chi connectivity index (χ1v) is 8.60. The molecule has 0 bridgehead atoms. The molecule has 0 heterocycles. The molecule has 3 heteroatoms. The van der Waals surface area contributed by atoms with Gasteiger partial charge in [0.05, 0.1) is 0 Å². The Balaban J connectivity index is 1.51. The van der Waals surface area contributed by atoms with Crippen molar-refractivity contribution in [2.24, 2.45) is 17.3 Å². The van der Waals surface area contributed by atoms with Gasteiger partial charge in [0.25, 0.3) is 0 Å². The topological polar surface area (TPSA) is 12.0 Å². The molecule has 1 aromatic rings. The Bertz CT molecular complexity index is 516. The van der Waals surface area contributed by atoms with E-state index >= 15 is 0 Å². The summed E-state index contributed by atoms with van der Waals surface area (Å²) < 4.78 is 14.2. The quantitative estimate of drug-likeness (QED) is 0.844. The molecule has 1 aromatic carbocycles. The van der Waals surface area contributed by atoms with Gasteiger partial charge in [-0.3, -0.25) is 0 Å². The van der Waals surface area contributed by atoms with Crippen LogP contribution in [-0.2, 0) is 6.42 Å². The molecule has 3 aliphatic rings. The van der Waals surface area contributed by atoms with Crippen LogP contribution in [0.4, 0.5) is 4.39 Å². The first-order chi connectivity index (χ1) is 9.63. The predicted octanol–water partition coefficient (Wildman–Crippen LogP) is 4.30. The number of rotatable bonds is 5. The maximum absolute atomic E-state index is 13.2. The molecule has 3 fully saturated rings. The van der Waals surface area contributed by atoms with E-state index < -0.39 is 0 Å². The smallest absolute Gasteiger partial charge is 0.124 e. The van der Waals surface area contributed by atoms with Crippen LogP contribution in [0.2, 0.25) is 0 Å². The first kappa shape index (κ1) is 13.3. The minimum Gasteiger partial charge on any atom is -0.313 e. The van der Waals surface area contributed by atoms with Crippen LogP contribution in [0.1, 0.15) is 37.7 Å². The largest absolute Gasteiger partial charge is 0.313 e. The molecule has 0 amide bonds. The molecule has 2 atom stereocenters. The van der Waals surface area contributed by atoms with Crippen LogP contribution in [0.5, 0.6) is 0 Å². The Morgan fingerprint density at radius 2 is 2.00 bits per heavy atom. The average Bonchev–Trinajstić information content (AvgIpc) is 3.32. The standard InChI is InChI=1S/C17H21BrFN/c18-16-6-14(19)2-1-11(16)7-17(10-20-15-3-4-15)8-12-5-13(12)9-17/h1-2,6,12-13,15,20H,3-5,7-10H2. The molecule has 20 heavy (non-hydrogen) atoms. The number of halogens is 2. The molecule has 2 unspecified atom stereocenters. The van der Waals surface area contributed by atoms with E-state index in [1.54, 1.807) is 12.1 Å². The fourth-order valence-corrected chi connectivity index (χ4v) is 4.57. The third-order valence-electron chi connectivity index (χ3n) is 5.38. The van der Waals surface area contributed by atoms with E-state index in [1.807, 2.05) is 6.07 Å². The van der Waals surface area contributed by atoms with Gasteiger partial charge in [-0.15, -0.1) is 0 Å². The van der Waals surface area contributed by atoms with Crippen LogP contribution < -0.4 is 5.32 Å². The van der Waals surface area contributed by atoms with Gasteiger partial charge < -0.3 is 5.32 Å². The molecule has 3 aliphatic carbocycles. The van der Waals surface area contributed by atoms with Crippen molar-refractivity contribution in [1.29, 1.82) is 0 Å². The van der Waals surface area contributed by atoms with Crippen molar-refractivity contribution in [2.45, 2.75) is 44.6 Å². The second-order valence-corrected chi connectivity index (χ2v) is 8.09. The lowest BCUT2D eigenvalue weighted by Crippen LogP contribution is -2.36. The van der Waals surface area contributed by atoms with Gasteiger partial charge in [-0.2, -0.15) is 0 Å². The van der Waals surface area contributed by atoms with E-state index in [-0.39, 0.29) is 5.82 Å². The maximum Gasteiger partial charge on any atom is 0.124 e. The Morgan fingerprint density at radius 1 is 1.25 bits per heavy atom. The molecule has 1 nitrogen and oxygen atoms in total. The van der Waals surface area contributed by atoms with Gasteiger partial charge in [-0.05, 0) is 73.5 Å². The van der Waals surface area contributed by atoms with Crippen LogP contribution >= 0.6 is 15.9 Å². The monoisotopic (exact) mass is 337 g/mol. The van der Waals surface area contributed by atoms with Crippen molar-refractivity contribution in [3.05, 3.63) is 34.1 Å². The minimum absolute atomic E-state index is 0.153. The molecular weight excluding hydrogens is 317 g/mol. The minimum atomic E-state index is -0.153. The van der Waals surface area contributed by atoms with Crippen LogP contribution in [0.25, 0.3) is 0 Å². The molecule has 1 N–H and O–H groups in total. The van der Waals surface area contributed by atoms with Gasteiger partial charge in [0, 0.05) is 17.1 Å². The predicted molar refractivity (Wildman–Crippen MR) is 82.1 cm³/mol. The van der Waals surface area contributed by atoms with E-state index in [1.165, 1.54) is 37.7 Å². The van der Waals surface area contributed by atoms with Crippen molar-refractivity contribution < 1.29 is 4.39 Å². The number of nitrogens with one attached hydrogen (secondary N) is 1. The molecule has 4 rings (SSSR count). The average molecular weight is 338 g/mol. The molecule has 0 radical (unpaired) electrons. The fraction of sp³-hybridized carbons (Fsp3) is 0.647. The summed E-state index contributed by atoms with van der Waals surface area (Å²) in [5.41, 5.74) is 1.68. The van der Waals surface area contributed by atoms with Crippen molar-refractivity contribution >= 4 is 15.9 Å². The van der Waals surface area contributed by atoms with Gasteiger partial charge >= 0.3 is 0 Å². The normalized spacial score (nSPS) is 35.1. The molecule has 3 saturated carbocycles. The van der Waals surface area contributed by atoms with Crippen molar-refractivity contribution in [2.75, 3.05) is 6.54 Å². The molecule has 0 aromatic heterocycles. The second kappa shape index (κ2) is 4.81. The van der Waals surface area contributed by atoms with Gasteiger partial charge in [0.15, 0.2) is 0 Å². The Labute approximate surface area is 128 Å². The summed E-state index contributed by atoms with van der Waals surface area (Å²) in [6, 6.07) is 5.94. The highest BCUT2D eigenvalue weighted by atomic mass is 79.9. The third kappa shape index (κ3) is 2.67. The van der Waals surface area contributed by atoms with E-state index in [0.717, 1.165) is 35.3 Å². The molecule has 0 spiro atoms. The summed E-state index contributed by atoms with van der Waals surface area (Å²) in [6.07, 6.45) is 7.96. The summed E-state index contributed by atoms with van der Waals surface area (Å²) in [5, 5.41) is 3.74. The number of hydrogen-bond acceptors (Lipinski definition) is 1. The number of fused-ring (bicyclic) bond motifs is 1. The lowest BCUT2D eigenvalue weighted by atomic mass is 9.77. The van der Waals surface area contributed by atoms with Crippen molar-refractivity contribution in [3.63, 3.8) is 0 Å². The highest BCUT2D eigenvalue weighted by molar-refractivity contribution is 9.10. The zero-order valence-corrected chi connectivity index (χ0v) is 13.3. The number of benzene rings is 1. The maximum atomic E-state index is 13.2. The van der Waals surface area contributed by atoms with Gasteiger partial charge in [-0.1, -0.05) is 22.0 Å². The first-order valence-electron chi connectivity index (χ1n) is 7.81. The summed E-state index contributed by atoms with van der Waals surface area (Å²) in [6.45, 7) is 1.15. The van der Waals surface area contributed by atoms with Crippen LogP contribution in [0.15, 0.2) is 22.7 Å². The zero-order chi connectivity index (χ0) is 13.7. The van der Waals surface area contributed by atoms with Crippen molar-refractivity contribution in [3.8, 4) is 0 Å². The molecule has 108 valence electrons. The van der Waals surface area contributed by atoms with Crippen LogP contribution in [-0.4, -0.2) is 12.6 Å². The Hall–Kier alpha value is -0.410. The number of hydrogen-bond donors (Lipinski definition) is 1. The van der Waals surface area contributed by atoms with E-state index in [0.29, 0.717) is 5.41 Å². The summed E-state index contributed by atoms with van der Waals surface area (Å²) in [4.78, 5) is 0. The van der Waals surface area contributed by atoms with Gasteiger partial charge in [-0.25, -0.2) is 4.39 Å². The third-order valence-corrected chi connectivity index (χ3v) is 6.12. The Kier molecular flexibility index (Phi) is 3.19. The fourth-order valence-electron chi connectivity index (χ4n) is 4.07. The molecular formula is C17H21BrFN. The van der Waals surface area contributed by atoms with Gasteiger partial charge in [0.2, 0.25) is 0 Å².